The van der Waals surface area contributed by atoms with Gasteiger partial charge in [-0.15, -0.1) is 11.3 Å². The molecule has 0 saturated heterocycles. The maximum atomic E-state index is 12.0. The first-order chi connectivity index (χ1) is 10.2. The summed E-state index contributed by atoms with van der Waals surface area (Å²) in [6.07, 6.45) is 0.323. The van der Waals surface area contributed by atoms with E-state index in [-0.39, 0.29) is 5.91 Å². The normalized spacial score (nSPS) is 10.7. The van der Waals surface area contributed by atoms with Crippen LogP contribution in [-0.2, 0) is 17.8 Å². The Morgan fingerprint density at radius 1 is 1.19 bits per heavy atom. The van der Waals surface area contributed by atoms with Gasteiger partial charge < -0.3 is 5.32 Å². The highest BCUT2D eigenvalue weighted by Crippen LogP contribution is 2.25. The summed E-state index contributed by atoms with van der Waals surface area (Å²) in [5, 5.41) is 3.76. The Bertz CT molecular complexity index is 770. The first-order valence-electron chi connectivity index (χ1n) is 6.56. The average Bonchev–Trinajstić information content (AvgIpc) is 2.87. The molecule has 1 amide bonds. The number of aromatic nitrogens is 1. The van der Waals surface area contributed by atoms with Gasteiger partial charge in [-0.2, -0.15) is 0 Å². The maximum Gasteiger partial charge on any atom is 0.227 e. The summed E-state index contributed by atoms with van der Waals surface area (Å²) in [4.78, 5) is 16.5. The number of rotatable bonds is 4. The molecular weight excluding hydrogens is 348 g/mol. The van der Waals surface area contributed by atoms with Gasteiger partial charge in [0.05, 0.1) is 16.6 Å². The summed E-state index contributed by atoms with van der Waals surface area (Å²) in [5.41, 5.74) is 2.03. The Hall–Kier alpha value is -1.72. The second-order valence-electron chi connectivity index (χ2n) is 4.66. The van der Waals surface area contributed by atoms with Crippen LogP contribution in [0.1, 0.15) is 10.6 Å². The Labute approximate surface area is 135 Å². The smallest absolute Gasteiger partial charge is 0.227 e. The summed E-state index contributed by atoms with van der Waals surface area (Å²) in [5.74, 6) is -0.00280. The van der Waals surface area contributed by atoms with Gasteiger partial charge in [0, 0.05) is 11.0 Å². The number of nitrogens with one attached hydrogen (secondary N) is 1. The summed E-state index contributed by atoms with van der Waals surface area (Å²) in [6, 6.07) is 15.9. The second-order valence-corrected chi connectivity index (χ2v) is 6.69. The Morgan fingerprint density at radius 3 is 2.81 bits per heavy atom. The fourth-order valence-electron chi connectivity index (χ4n) is 2.02. The minimum absolute atomic E-state index is 0.00280. The molecule has 1 N–H and O–H groups in total. The molecule has 0 aliphatic heterocycles. The molecule has 0 fully saturated rings. The van der Waals surface area contributed by atoms with Crippen LogP contribution in [0.5, 0.6) is 0 Å². The SMILES string of the molecule is O=C(Cc1nc2cc(Br)ccc2s1)NCc1ccccc1. The second kappa shape index (κ2) is 6.37. The number of thiazole rings is 1. The van der Waals surface area contributed by atoms with E-state index >= 15 is 0 Å². The molecule has 0 aliphatic carbocycles. The molecule has 21 heavy (non-hydrogen) atoms. The molecule has 1 aromatic heterocycles. The van der Waals surface area contributed by atoms with E-state index < -0.39 is 0 Å². The van der Waals surface area contributed by atoms with Crippen molar-refractivity contribution in [2.45, 2.75) is 13.0 Å². The molecule has 0 radical (unpaired) electrons. The van der Waals surface area contributed by atoms with Crippen molar-refractivity contribution < 1.29 is 4.79 Å². The van der Waals surface area contributed by atoms with Crippen LogP contribution in [0.3, 0.4) is 0 Å². The van der Waals surface area contributed by atoms with Gasteiger partial charge in [0.1, 0.15) is 5.01 Å². The van der Waals surface area contributed by atoms with Crippen molar-refractivity contribution in [3.8, 4) is 0 Å². The monoisotopic (exact) mass is 360 g/mol. The van der Waals surface area contributed by atoms with Crippen molar-refractivity contribution in [1.29, 1.82) is 0 Å². The highest BCUT2D eigenvalue weighted by molar-refractivity contribution is 9.10. The van der Waals surface area contributed by atoms with Crippen LogP contribution in [0.15, 0.2) is 53.0 Å². The molecule has 2 aromatic carbocycles. The van der Waals surface area contributed by atoms with Gasteiger partial charge in [0.25, 0.3) is 0 Å². The van der Waals surface area contributed by atoms with Gasteiger partial charge in [-0.3, -0.25) is 4.79 Å². The molecule has 0 unspecified atom stereocenters. The van der Waals surface area contributed by atoms with Gasteiger partial charge >= 0.3 is 0 Å². The molecule has 0 aliphatic rings. The number of amides is 1. The molecule has 1 heterocycles. The van der Waals surface area contributed by atoms with Crippen LogP contribution in [-0.4, -0.2) is 10.9 Å². The predicted octanol–water partition coefficient (Wildman–Crippen LogP) is 3.92. The van der Waals surface area contributed by atoms with Crippen molar-refractivity contribution in [2.75, 3.05) is 0 Å². The van der Waals surface area contributed by atoms with Crippen molar-refractivity contribution >= 4 is 43.4 Å². The van der Waals surface area contributed by atoms with Crippen LogP contribution in [0.4, 0.5) is 0 Å². The lowest BCUT2D eigenvalue weighted by molar-refractivity contribution is -0.120. The van der Waals surface area contributed by atoms with E-state index in [0.29, 0.717) is 13.0 Å². The zero-order valence-corrected chi connectivity index (χ0v) is 13.6. The van der Waals surface area contributed by atoms with Gasteiger partial charge in [-0.25, -0.2) is 4.98 Å². The summed E-state index contributed by atoms with van der Waals surface area (Å²) in [6.45, 7) is 0.552. The van der Waals surface area contributed by atoms with Crippen molar-refractivity contribution in [3.63, 3.8) is 0 Å². The molecule has 3 nitrogen and oxygen atoms in total. The van der Waals surface area contributed by atoms with Crippen LogP contribution in [0.25, 0.3) is 10.2 Å². The lowest BCUT2D eigenvalue weighted by Gasteiger charge is -2.03. The third kappa shape index (κ3) is 3.68. The first-order valence-corrected chi connectivity index (χ1v) is 8.17. The lowest BCUT2D eigenvalue weighted by atomic mass is 10.2. The number of halogens is 1. The zero-order valence-electron chi connectivity index (χ0n) is 11.2. The summed E-state index contributed by atoms with van der Waals surface area (Å²) in [7, 11) is 0. The standard InChI is InChI=1S/C16H13BrN2OS/c17-12-6-7-14-13(8-12)19-16(21-14)9-15(20)18-10-11-4-2-1-3-5-11/h1-8H,9-10H2,(H,18,20). The van der Waals surface area contributed by atoms with E-state index in [1.165, 1.54) is 0 Å². The predicted molar refractivity (Wildman–Crippen MR) is 89.3 cm³/mol. The summed E-state index contributed by atoms with van der Waals surface area (Å²) < 4.78 is 2.10. The quantitative estimate of drug-likeness (QED) is 0.765. The van der Waals surface area contributed by atoms with Crippen molar-refractivity contribution in [1.82, 2.24) is 10.3 Å². The number of hydrogen-bond acceptors (Lipinski definition) is 3. The topological polar surface area (TPSA) is 42.0 Å². The first kappa shape index (κ1) is 14.2. The fourth-order valence-corrected chi connectivity index (χ4v) is 3.32. The summed E-state index contributed by atoms with van der Waals surface area (Å²) >= 11 is 4.99. The lowest BCUT2D eigenvalue weighted by Crippen LogP contribution is -2.24. The van der Waals surface area contributed by atoms with Gasteiger partial charge in [-0.1, -0.05) is 46.3 Å². The van der Waals surface area contributed by atoms with E-state index in [2.05, 4.69) is 26.2 Å². The number of carbonyl (C=O) groups excluding carboxylic acids is 1. The molecule has 5 heteroatoms. The van der Waals surface area contributed by atoms with Crippen molar-refractivity contribution in [2.24, 2.45) is 0 Å². The zero-order chi connectivity index (χ0) is 14.7. The molecule has 3 aromatic rings. The molecule has 0 bridgehead atoms. The van der Waals surface area contributed by atoms with E-state index in [0.717, 1.165) is 25.3 Å². The molecule has 0 atom stereocenters. The molecule has 0 saturated carbocycles. The van der Waals surface area contributed by atoms with Crippen LogP contribution in [0.2, 0.25) is 0 Å². The molecule has 3 rings (SSSR count). The largest absolute Gasteiger partial charge is 0.352 e. The number of benzene rings is 2. The molecule has 106 valence electrons. The number of fused-ring (bicyclic) bond motifs is 1. The molecule has 0 spiro atoms. The Balaban J connectivity index is 1.63. The molecular formula is C16H13BrN2OS. The minimum atomic E-state index is -0.00280. The van der Waals surface area contributed by atoms with E-state index in [4.69, 9.17) is 0 Å². The third-order valence-corrected chi connectivity index (χ3v) is 4.57. The van der Waals surface area contributed by atoms with E-state index in [9.17, 15) is 4.79 Å². The third-order valence-electron chi connectivity index (χ3n) is 3.04. The number of nitrogens with zero attached hydrogens (tertiary/aromatic N) is 1. The van der Waals surface area contributed by atoms with Crippen LogP contribution in [0, 0.1) is 0 Å². The highest BCUT2D eigenvalue weighted by atomic mass is 79.9. The van der Waals surface area contributed by atoms with Gasteiger partial charge in [0.2, 0.25) is 5.91 Å². The highest BCUT2D eigenvalue weighted by Gasteiger charge is 2.09. The van der Waals surface area contributed by atoms with E-state index in [1.54, 1.807) is 11.3 Å². The average molecular weight is 361 g/mol. The minimum Gasteiger partial charge on any atom is -0.352 e. The van der Waals surface area contributed by atoms with Crippen molar-refractivity contribution in [3.05, 3.63) is 63.6 Å². The van der Waals surface area contributed by atoms with Gasteiger partial charge in [-0.05, 0) is 23.8 Å². The van der Waals surface area contributed by atoms with Crippen LogP contribution < -0.4 is 5.32 Å². The number of hydrogen-bond donors (Lipinski definition) is 1. The maximum absolute atomic E-state index is 12.0. The van der Waals surface area contributed by atoms with Gasteiger partial charge in [0.15, 0.2) is 0 Å². The fraction of sp³-hybridized carbons (Fsp3) is 0.125. The Morgan fingerprint density at radius 2 is 2.00 bits per heavy atom. The van der Waals surface area contributed by atoms with E-state index in [1.807, 2.05) is 48.5 Å². The Kier molecular flexibility index (Phi) is 4.31. The number of carbonyl (C=O) groups is 1. The van der Waals surface area contributed by atoms with Crippen LogP contribution >= 0.6 is 27.3 Å².